The van der Waals surface area contributed by atoms with Crippen LogP contribution in [0.1, 0.15) is 17.4 Å². The third-order valence-corrected chi connectivity index (χ3v) is 4.97. The topological polar surface area (TPSA) is 102 Å². The number of rotatable bonds is 3. The molecule has 30 heavy (non-hydrogen) atoms. The minimum atomic E-state index is -0.955. The lowest BCUT2D eigenvalue weighted by Crippen LogP contribution is -2.30. The Morgan fingerprint density at radius 1 is 1.03 bits per heavy atom. The Morgan fingerprint density at radius 3 is 2.60 bits per heavy atom. The lowest BCUT2D eigenvalue weighted by Gasteiger charge is -2.22. The molecule has 8 nitrogen and oxygen atoms in total. The average Bonchev–Trinajstić information content (AvgIpc) is 3.40. The second-order valence-electron chi connectivity index (χ2n) is 6.73. The second kappa shape index (κ2) is 7.07. The van der Waals surface area contributed by atoms with E-state index in [0.717, 1.165) is 0 Å². The molecule has 8 heteroatoms. The van der Waals surface area contributed by atoms with Crippen LogP contribution in [-0.2, 0) is 9.59 Å². The number of carbonyl (C=O) groups excluding carboxylic acids is 2. The number of fused-ring (bicyclic) bond motifs is 1. The summed E-state index contributed by atoms with van der Waals surface area (Å²) in [6.45, 7) is 0.819. The maximum Gasteiger partial charge on any atom is 0.301 e. The number of hydrogen-bond acceptors (Lipinski definition) is 7. The maximum absolute atomic E-state index is 13.0. The molecule has 5 rings (SSSR count). The highest BCUT2D eigenvalue weighted by atomic mass is 16.6. The Morgan fingerprint density at radius 2 is 1.87 bits per heavy atom. The number of Topliss-reactive ketones (excluding diaryl/α,β-unsaturated/α-hetero) is 1. The quantitative estimate of drug-likeness (QED) is 0.407. The fourth-order valence-corrected chi connectivity index (χ4v) is 3.63. The van der Waals surface area contributed by atoms with E-state index in [9.17, 15) is 14.7 Å². The van der Waals surface area contributed by atoms with Gasteiger partial charge in [-0.15, -0.1) is 0 Å². The highest BCUT2D eigenvalue weighted by molar-refractivity contribution is 6.51. The molecule has 0 spiro atoms. The summed E-state index contributed by atoms with van der Waals surface area (Å²) in [7, 11) is 0. The van der Waals surface area contributed by atoms with Crippen molar-refractivity contribution >= 4 is 23.3 Å². The molecule has 150 valence electrons. The molecule has 2 aliphatic rings. The lowest BCUT2D eigenvalue weighted by atomic mass is 9.99. The van der Waals surface area contributed by atoms with Gasteiger partial charge in [-0.3, -0.25) is 14.5 Å². The molecule has 1 atom stereocenters. The summed E-state index contributed by atoms with van der Waals surface area (Å²) < 4.78 is 16.6. The number of ether oxygens (including phenoxy) is 2. The van der Waals surface area contributed by atoms with Crippen molar-refractivity contribution in [1.82, 2.24) is 4.98 Å². The number of hydrogen-bond donors (Lipinski definition) is 1. The zero-order valence-electron chi connectivity index (χ0n) is 15.6. The Kier molecular flexibility index (Phi) is 4.24. The van der Waals surface area contributed by atoms with Gasteiger partial charge in [0, 0.05) is 11.8 Å². The molecular weight excluding hydrogens is 388 g/mol. The SMILES string of the molecule is O=C1C(=O)N(c2ccccn2)C(c2ccco2)/C1=C(\O)c1ccc2c(c1)OCCO2. The normalized spacial score (nSPS) is 19.9. The molecule has 0 bridgehead atoms. The fourth-order valence-electron chi connectivity index (χ4n) is 3.63. The summed E-state index contributed by atoms with van der Waals surface area (Å²) in [5.41, 5.74) is 0.243. The molecule has 1 aromatic carbocycles. The monoisotopic (exact) mass is 404 g/mol. The van der Waals surface area contributed by atoms with Gasteiger partial charge in [0.1, 0.15) is 36.6 Å². The van der Waals surface area contributed by atoms with Gasteiger partial charge in [0.25, 0.3) is 5.78 Å². The highest BCUT2D eigenvalue weighted by Gasteiger charge is 2.48. The third-order valence-electron chi connectivity index (χ3n) is 4.97. The largest absolute Gasteiger partial charge is 0.507 e. The van der Waals surface area contributed by atoms with E-state index in [0.29, 0.717) is 36.0 Å². The van der Waals surface area contributed by atoms with E-state index in [1.807, 2.05) is 0 Å². The molecule has 2 aliphatic heterocycles. The zero-order valence-corrected chi connectivity index (χ0v) is 15.6. The predicted molar refractivity (Wildman–Crippen MR) is 105 cm³/mol. The lowest BCUT2D eigenvalue weighted by molar-refractivity contribution is -0.132. The van der Waals surface area contributed by atoms with Crippen LogP contribution in [0.3, 0.4) is 0 Å². The Balaban J connectivity index is 1.67. The van der Waals surface area contributed by atoms with Crippen LogP contribution in [0.4, 0.5) is 5.82 Å². The number of furan rings is 1. The van der Waals surface area contributed by atoms with Gasteiger partial charge in [-0.2, -0.15) is 0 Å². The third kappa shape index (κ3) is 2.81. The van der Waals surface area contributed by atoms with Crippen molar-refractivity contribution in [2.24, 2.45) is 0 Å². The number of nitrogens with zero attached hydrogens (tertiary/aromatic N) is 2. The number of ketones is 1. The molecule has 0 saturated carbocycles. The first kappa shape index (κ1) is 18.0. The molecule has 2 aromatic heterocycles. The first-order valence-corrected chi connectivity index (χ1v) is 9.30. The molecule has 1 amide bonds. The van der Waals surface area contributed by atoms with Crippen LogP contribution in [0, 0.1) is 0 Å². The predicted octanol–water partition coefficient (Wildman–Crippen LogP) is 3.07. The van der Waals surface area contributed by atoms with Gasteiger partial charge in [0.2, 0.25) is 0 Å². The van der Waals surface area contributed by atoms with Crippen LogP contribution in [0.2, 0.25) is 0 Å². The molecule has 1 unspecified atom stereocenters. The van der Waals surface area contributed by atoms with Gasteiger partial charge in [-0.1, -0.05) is 6.07 Å². The minimum absolute atomic E-state index is 0.0859. The van der Waals surface area contributed by atoms with E-state index in [1.54, 1.807) is 48.5 Å². The van der Waals surface area contributed by atoms with Crippen molar-refractivity contribution in [3.8, 4) is 11.5 Å². The number of aromatic nitrogens is 1. The average molecular weight is 404 g/mol. The van der Waals surface area contributed by atoms with Crippen molar-refractivity contribution in [3.05, 3.63) is 77.9 Å². The first-order valence-electron chi connectivity index (χ1n) is 9.30. The van der Waals surface area contributed by atoms with Gasteiger partial charge in [0.15, 0.2) is 11.5 Å². The molecule has 3 aromatic rings. The number of benzene rings is 1. The van der Waals surface area contributed by atoms with Crippen LogP contribution >= 0.6 is 0 Å². The van der Waals surface area contributed by atoms with Crippen molar-refractivity contribution < 1.29 is 28.6 Å². The van der Waals surface area contributed by atoms with Gasteiger partial charge < -0.3 is 19.0 Å². The number of amides is 1. The van der Waals surface area contributed by atoms with Crippen LogP contribution in [0.15, 0.2) is 71.0 Å². The number of aliphatic hydroxyl groups excluding tert-OH is 1. The number of pyridine rings is 1. The Labute approximate surface area is 171 Å². The van der Waals surface area contributed by atoms with Crippen molar-refractivity contribution in [2.45, 2.75) is 6.04 Å². The van der Waals surface area contributed by atoms with E-state index < -0.39 is 17.7 Å². The molecule has 0 radical (unpaired) electrons. The molecular formula is C22H16N2O6. The van der Waals surface area contributed by atoms with Crippen LogP contribution in [0.5, 0.6) is 11.5 Å². The molecule has 4 heterocycles. The molecule has 0 aliphatic carbocycles. The van der Waals surface area contributed by atoms with Gasteiger partial charge in [0.05, 0.1) is 11.8 Å². The zero-order chi connectivity index (χ0) is 20.7. The molecule has 1 saturated heterocycles. The van der Waals surface area contributed by atoms with E-state index in [4.69, 9.17) is 13.9 Å². The maximum atomic E-state index is 13.0. The summed E-state index contributed by atoms with van der Waals surface area (Å²) in [5, 5.41) is 11.1. The molecule has 1 fully saturated rings. The van der Waals surface area contributed by atoms with Crippen LogP contribution in [-0.4, -0.2) is 35.0 Å². The smallest absolute Gasteiger partial charge is 0.301 e. The van der Waals surface area contributed by atoms with E-state index >= 15 is 0 Å². The molecule has 1 N–H and O–H groups in total. The summed E-state index contributed by atoms with van der Waals surface area (Å²) in [5.74, 6) is -0.330. The van der Waals surface area contributed by atoms with Crippen LogP contribution in [0.25, 0.3) is 5.76 Å². The Bertz CT molecular complexity index is 1150. The first-order chi connectivity index (χ1) is 14.6. The van der Waals surface area contributed by atoms with Crippen molar-refractivity contribution in [1.29, 1.82) is 0 Å². The summed E-state index contributed by atoms with van der Waals surface area (Å²) in [4.78, 5) is 31.3. The van der Waals surface area contributed by atoms with E-state index in [2.05, 4.69) is 4.98 Å². The van der Waals surface area contributed by atoms with Gasteiger partial charge >= 0.3 is 5.91 Å². The van der Waals surface area contributed by atoms with Crippen LogP contribution < -0.4 is 14.4 Å². The van der Waals surface area contributed by atoms with E-state index in [-0.39, 0.29) is 17.2 Å². The standard InChI is InChI=1S/C22H16N2O6/c25-20(13-6-7-14-16(12-13)30-11-10-29-14)18-19(15-4-3-9-28-15)24(22(27)21(18)26)17-5-1-2-8-23-17/h1-9,12,19,25H,10-11H2/b20-18+. The Hall–Kier alpha value is -4.07. The van der Waals surface area contributed by atoms with Crippen molar-refractivity contribution in [3.63, 3.8) is 0 Å². The van der Waals surface area contributed by atoms with Gasteiger partial charge in [-0.25, -0.2) is 4.98 Å². The number of carbonyl (C=O) groups is 2. The minimum Gasteiger partial charge on any atom is -0.507 e. The summed E-state index contributed by atoms with van der Waals surface area (Å²) in [6, 6.07) is 12.2. The number of anilines is 1. The van der Waals surface area contributed by atoms with Crippen molar-refractivity contribution in [2.75, 3.05) is 18.1 Å². The summed E-state index contributed by atoms with van der Waals surface area (Å²) >= 11 is 0. The highest BCUT2D eigenvalue weighted by Crippen LogP contribution is 2.42. The van der Waals surface area contributed by atoms with E-state index in [1.165, 1.54) is 17.4 Å². The van der Waals surface area contributed by atoms with Gasteiger partial charge in [-0.05, 0) is 42.5 Å². The fraction of sp³-hybridized carbons (Fsp3) is 0.136. The second-order valence-corrected chi connectivity index (χ2v) is 6.73. The number of aliphatic hydroxyl groups is 1. The summed E-state index contributed by atoms with van der Waals surface area (Å²) in [6.07, 6.45) is 2.96.